The second-order valence-corrected chi connectivity index (χ2v) is 6.25. The molecule has 0 spiro atoms. The van der Waals surface area contributed by atoms with E-state index < -0.39 is 5.97 Å². The third-order valence-corrected chi connectivity index (χ3v) is 4.79. The number of hydrogen-bond donors (Lipinski definition) is 1. The molecule has 0 aromatic carbocycles. The molecule has 1 saturated heterocycles. The lowest BCUT2D eigenvalue weighted by Crippen LogP contribution is -2.45. The molecule has 114 valence electrons. The van der Waals surface area contributed by atoms with Gasteiger partial charge in [0.1, 0.15) is 0 Å². The van der Waals surface area contributed by atoms with Gasteiger partial charge in [-0.1, -0.05) is 6.92 Å². The molecule has 1 N–H and O–H groups in total. The highest BCUT2D eigenvalue weighted by molar-refractivity contribution is 5.81. The summed E-state index contributed by atoms with van der Waals surface area (Å²) in [5, 5.41) is 9.07. The van der Waals surface area contributed by atoms with Crippen LogP contribution in [0.2, 0.25) is 0 Å². The van der Waals surface area contributed by atoms with Crippen LogP contribution in [0.15, 0.2) is 0 Å². The molecule has 0 aromatic heterocycles. The molecule has 1 amide bonds. The quantitative estimate of drug-likeness (QED) is 0.850. The van der Waals surface area contributed by atoms with E-state index in [1.807, 2.05) is 4.90 Å². The molecule has 0 bridgehead atoms. The highest BCUT2D eigenvalue weighted by Gasteiger charge is 2.37. The number of nitrogens with zero attached hydrogens (tertiary/aromatic N) is 2. The van der Waals surface area contributed by atoms with Crippen molar-refractivity contribution in [2.75, 3.05) is 26.7 Å². The van der Waals surface area contributed by atoms with E-state index in [0.717, 1.165) is 38.9 Å². The van der Waals surface area contributed by atoms with E-state index in [-0.39, 0.29) is 23.8 Å². The van der Waals surface area contributed by atoms with Crippen molar-refractivity contribution in [3.63, 3.8) is 0 Å². The first kappa shape index (κ1) is 15.3. The third kappa shape index (κ3) is 3.32. The number of carboxylic acids is 1. The SMILES string of the molecule is CCC1CN(C)CCCN1C(=O)[C@@H]1CC[C@H](C(=O)O)C1. The van der Waals surface area contributed by atoms with Gasteiger partial charge >= 0.3 is 5.97 Å². The summed E-state index contributed by atoms with van der Waals surface area (Å²) in [5.74, 6) is -0.953. The number of carbonyl (C=O) groups is 2. The lowest BCUT2D eigenvalue weighted by Gasteiger charge is -2.32. The molecular weight excluding hydrogens is 256 g/mol. The van der Waals surface area contributed by atoms with E-state index in [9.17, 15) is 9.59 Å². The first-order valence-corrected chi connectivity index (χ1v) is 7.74. The predicted octanol–water partition coefficient (Wildman–Crippen LogP) is 1.43. The minimum absolute atomic E-state index is 0.0754. The van der Waals surface area contributed by atoms with Crippen molar-refractivity contribution in [1.29, 1.82) is 0 Å². The standard InChI is InChI=1S/C15H26N2O3/c1-3-13-10-16(2)7-4-8-17(13)14(18)11-5-6-12(9-11)15(19)20/h11-13H,3-10H2,1-2H3,(H,19,20)/t11-,12+,13?/m1/s1. The Balaban J connectivity index is 2.01. The number of amides is 1. The van der Waals surface area contributed by atoms with Crippen LogP contribution in [0.5, 0.6) is 0 Å². The van der Waals surface area contributed by atoms with Crippen LogP contribution < -0.4 is 0 Å². The van der Waals surface area contributed by atoms with E-state index in [1.54, 1.807) is 0 Å². The lowest BCUT2D eigenvalue weighted by molar-refractivity contribution is -0.142. The molecule has 3 atom stereocenters. The Labute approximate surface area is 120 Å². The molecule has 0 radical (unpaired) electrons. The summed E-state index contributed by atoms with van der Waals surface area (Å²) < 4.78 is 0. The summed E-state index contributed by atoms with van der Waals surface area (Å²) in [6.07, 6.45) is 3.88. The van der Waals surface area contributed by atoms with Crippen molar-refractivity contribution in [2.24, 2.45) is 11.8 Å². The maximum Gasteiger partial charge on any atom is 0.306 e. The molecule has 1 aliphatic carbocycles. The fourth-order valence-corrected chi connectivity index (χ4v) is 3.55. The topological polar surface area (TPSA) is 60.9 Å². The van der Waals surface area contributed by atoms with Gasteiger partial charge in [-0.25, -0.2) is 0 Å². The van der Waals surface area contributed by atoms with Crippen molar-refractivity contribution in [3.05, 3.63) is 0 Å². The monoisotopic (exact) mass is 282 g/mol. The molecule has 0 aromatic rings. The molecule has 5 heteroatoms. The predicted molar refractivity (Wildman–Crippen MR) is 76.4 cm³/mol. The van der Waals surface area contributed by atoms with Gasteiger partial charge in [0, 0.05) is 25.0 Å². The summed E-state index contributed by atoms with van der Waals surface area (Å²) in [5.41, 5.74) is 0. The van der Waals surface area contributed by atoms with E-state index >= 15 is 0 Å². The summed E-state index contributed by atoms with van der Waals surface area (Å²) in [4.78, 5) is 28.1. The number of likely N-dealkylation sites (N-methyl/N-ethyl adjacent to an activating group) is 1. The van der Waals surface area contributed by atoms with Gasteiger partial charge in [0.25, 0.3) is 0 Å². The summed E-state index contributed by atoms with van der Waals surface area (Å²) in [6, 6.07) is 0.277. The maximum absolute atomic E-state index is 12.7. The molecule has 1 aliphatic heterocycles. The van der Waals surface area contributed by atoms with Crippen LogP contribution in [0.25, 0.3) is 0 Å². The molecule has 5 nitrogen and oxygen atoms in total. The highest BCUT2D eigenvalue weighted by atomic mass is 16.4. The Morgan fingerprint density at radius 1 is 1.20 bits per heavy atom. The number of carbonyl (C=O) groups excluding carboxylic acids is 1. The fraction of sp³-hybridized carbons (Fsp3) is 0.867. The van der Waals surface area contributed by atoms with Crippen LogP contribution in [0.3, 0.4) is 0 Å². The van der Waals surface area contributed by atoms with E-state index in [0.29, 0.717) is 12.8 Å². The molecule has 20 heavy (non-hydrogen) atoms. The highest BCUT2D eigenvalue weighted by Crippen LogP contribution is 2.33. The number of aliphatic carboxylic acids is 1. The Hall–Kier alpha value is -1.10. The number of carboxylic acid groups (broad SMARTS) is 1. The van der Waals surface area contributed by atoms with Crippen LogP contribution in [0, 0.1) is 11.8 Å². The Morgan fingerprint density at radius 2 is 1.90 bits per heavy atom. The Bertz CT molecular complexity index is 372. The van der Waals surface area contributed by atoms with Gasteiger partial charge in [-0.2, -0.15) is 0 Å². The van der Waals surface area contributed by atoms with Gasteiger partial charge in [0.05, 0.1) is 5.92 Å². The zero-order chi connectivity index (χ0) is 14.7. The van der Waals surface area contributed by atoms with Gasteiger partial charge in [-0.15, -0.1) is 0 Å². The zero-order valence-corrected chi connectivity index (χ0v) is 12.5. The first-order valence-electron chi connectivity index (χ1n) is 7.74. The summed E-state index contributed by atoms with van der Waals surface area (Å²) >= 11 is 0. The van der Waals surface area contributed by atoms with Gasteiger partial charge in [-0.3, -0.25) is 9.59 Å². The Kier molecular flexibility index (Phi) is 5.02. The molecule has 1 unspecified atom stereocenters. The minimum Gasteiger partial charge on any atom is -0.481 e. The van der Waals surface area contributed by atoms with Crippen molar-refractivity contribution in [1.82, 2.24) is 9.80 Å². The second-order valence-electron chi connectivity index (χ2n) is 6.25. The van der Waals surface area contributed by atoms with Gasteiger partial charge in [-0.05, 0) is 45.7 Å². The van der Waals surface area contributed by atoms with Crippen LogP contribution in [0.4, 0.5) is 0 Å². The lowest BCUT2D eigenvalue weighted by atomic mass is 10.0. The largest absolute Gasteiger partial charge is 0.481 e. The van der Waals surface area contributed by atoms with Gasteiger partial charge in [0.2, 0.25) is 5.91 Å². The summed E-state index contributed by atoms with van der Waals surface area (Å²) in [7, 11) is 2.10. The first-order chi connectivity index (χ1) is 9.52. The second kappa shape index (κ2) is 6.57. The van der Waals surface area contributed by atoms with Crippen LogP contribution in [0.1, 0.15) is 39.0 Å². The molecule has 1 saturated carbocycles. The van der Waals surface area contributed by atoms with Crippen LogP contribution in [-0.2, 0) is 9.59 Å². The molecular formula is C15H26N2O3. The van der Waals surface area contributed by atoms with Crippen LogP contribution >= 0.6 is 0 Å². The molecule has 2 fully saturated rings. The normalized spacial score (nSPS) is 32.1. The third-order valence-electron chi connectivity index (χ3n) is 4.79. The average molecular weight is 282 g/mol. The van der Waals surface area contributed by atoms with Crippen molar-refractivity contribution in [3.8, 4) is 0 Å². The van der Waals surface area contributed by atoms with E-state index in [2.05, 4.69) is 18.9 Å². The summed E-state index contributed by atoms with van der Waals surface area (Å²) in [6.45, 7) is 4.90. The smallest absolute Gasteiger partial charge is 0.306 e. The van der Waals surface area contributed by atoms with Gasteiger partial charge < -0.3 is 14.9 Å². The average Bonchev–Trinajstić information content (AvgIpc) is 2.83. The van der Waals surface area contributed by atoms with E-state index in [1.165, 1.54) is 0 Å². The molecule has 2 aliphatic rings. The van der Waals surface area contributed by atoms with Gasteiger partial charge in [0.15, 0.2) is 0 Å². The minimum atomic E-state index is -0.747. The Morgan fingerprint density at radius 3 is 2.50 bits per heavy atom. The number of rotatable bonds is 3. The fourth-order valence-electron chi connectivity index (χ4n) is 3.55. The van der Waals surface area contributed by atoms with Crippen molar-refractivity contribution in [2.45, 2.75) is 45.1 Å². The van der Waals surface area contributed by atoms with E-state index in [4.69, 9.17) is 5.11 Å². The maximum atomic E-state index is 12.7. The molecule has 2 rings (SSSR count). The van der Waals surface area contributed by atoms with Crippen LogP contribution in [-0.4, -0.2) is 59.5 Å². The van der Waals surface area contributed by atoms with Crippen molar-refractivity contribution >= 4 is 11.9 Å². The number of hydrogen-bond acceptors (Lipinski definition) is 3. The molecule has 1 heterocycles. The van der Waals surface area contributed by atoms with Crippen molar-refractivity contribution < 1.29 is 14.7 Å². The zero-order valence-electron chi connectivity index (χ0n) is 12.5.